The molecule has 1 saturated carbocycles. The molecule has 1 amide bonds. The van der Waals surface area contributed by atoms with Crippen molar-refractivity contribution in [1.82, 2.24) is 10.2 Å². The molecular weight excluding hydrogens is 360 g/mol. The summed E-state index contributed by atoms with van der Waals surface area (Å²) in [7, 11) is 0. The van der Waals surface area contributed by atoms with Crippen molar-refractivity contribution in [1.29, 1.82) is 0 Å². The molecule has 144 valence electrons. The third-order valence-corrected chi connectivity index (χ3v) is 5.34. The quantitative estimate of drug-likeness (QED) is 0.853. The van der Waals surface area contributed by atoms with Gasteiger partial charge in [0.2, 0.25) is 5.91 Å². The first-order valence-corrected chi connectivity index (χ1v) is 9.49. The Bertz CT molecular complexity index is 751. The third kappa shape index (κ3) is 4.82. The largest absolute Gasteiger partial charge is 0.489 e. The van der Waals surface area contributed by atoms with E-state index in [1.54, 1.807) is 0 Å². The zero-order chi connectivity index (χ0) is 17.9. The maximum Gasteiger partial charge on any atom is 0.226 e. The van der Waals surface area contributed by atoms with Gasteiger partial charge in [0.15, 0.2) is 0 Å². The highest BCUT2D eigenvalue weighted by Gasteiger charge is 2.46. The van der Waals surface area contributed by atoms with Crippen LogP contribution in [0.15, 0.2) is 54.6 Å². The topological polar surface area (TPSA) is 41.6 Å². The van der Waals surface area contributed by atoms with Gasteiger partial charge in [-0.15, -0.1) is 12.4 Å². The number of rotatable bonds is 5. The fourth-order valence-corrected chi connectivity index (χ4v) is 3.76. The number of amides is 1. The van der Waals surface area contributed by atoms with E-state index < -0.39 is 0 Å². The van der Waals surface area contributed by atoms with Gasteiger partial charge >= 0.3 is 0 Å². The fraction of sp³-hybridized carbons (Fsp3) is 0.409. The van der Waals surface area contributed by atoms with Crippen LogP contribution in [0.2, 0.25) is 0 Å². The molecule has 3 unspecified atom stereocenters. The van der Waals surface area contributed by atoms with Crippen molar-refractivity contribution in [2.24, 2.45) is 5.92 Å². The molecule has 0 bridgehead atoms. The Morgan fingerprint density at radius 1 is 1.15 bits per heavy atom. The SMILES string of the molecule is CC1CN(C(=O)C2CC2c2ccc(OCc3ccccc3)cc2)CCN1.Cl. The van der Waals surface area contributed by atoms with E-state index in [-0.39, 0.29) is 18.3 Å². The Labute approximate surface area is 167 Å². The molecule has 1 N–H and O–H groups in total. The Morgan fingerprint density at radius 2 is 1.89 bits per heavy atom. The molecule has 27 heavy (non-hydrogen) atoms. The Hall–Kier alpha value is -2.04. The maximum absolute atomic E-state index is 12.7. The lowest BCUT2D eigenvalue weighted by Crippen LogP contribution is -2.51. The molecule has 2 aromatic rings. The molecule has 2 fully saturated rings. The van der Waals surface area contributed by atoms with Crippen molar-refractivity contribution >= 4 is 18.3 Å². The van der Waals surface area contributed by atoms with Crippen LogP contribution in [0, 0.1) is 5.92 Å². The highest BCUT2D eigenvalue weighted by molar-refractivity contribution is 5.85. The van der Waals surface area contributed by atoms with Gasteiger partial charge in [0.25, 0.3) is 0 Å². The molecule has 4 nitrogen and oxygen atoms in total. The molecule has 2 aliphatic rings. The van der Waals surface area contributed by atoms with Gasteiger partial charge in [-0.3, -0.25) is 4.79 Å². The summed E-state index contributed by atoms with van der Waals surface area (Å²) in [6, 6.07) is 18.8. The lowest BCUT2D eigenvalue weighted by Gasteiger charge is -2.32. The molecule has 0 radical (unpaired) electrons. The van der Waals surface area contributed by atoms with E-state index in [1.807, 2.05) is 35.2 Å². The van der Waals surface area contributed by atoms with Gasteiger partial charge in [-0.1, -0.05) is 42.5 Å². The van der Waals surface area contributed by atoms with Crippen LogP contribution in [0.25, 0.3) is 0 Å². The second-order valence-electron chi connectivity index (χ2n) is 7.43. The van der Waals surface area contributed by atoms with Gasteiger partial charge in [0.05, 0.1) is 0 Å². The van der Waals surface area contributed by atoms with Crippen molar-refractivity contribution in [2.45, 2.75) is 31.9 Å². The second-order valence-corrected chi connectivity index (χ2v) is 7.43. The van der Waals surface area contributed by atoms with Crippen molar-refractivity contribution < 1.29 is 9.53 Å². The van der Waals surface area contributed by atoms with Gasteiger partial charge in [-0.25, -0.2) is 0 Å². The smallest absolute Gasteiger partial charge is 0.226 e. The van der Waals surface area contributed by atoms with Crippen LogP contribution >= 0.6 is 12.4 Å². The Morgan fingerprint density at radius 3 is 2.59 bits per heavy atom. The minimum absolute atomic E-state index is 0. The highest BCUT2D eigenvalue weighted by atomic mass is 35.5. The number of piperazine rings is 1. The molecule has 1 heterocycles. The minimum atomic E-state index is 0. The van der Waals surface area contributed by atoms with Crippen molar-refractivity contribution in [3.8, 4) is 5.75 Å². The summed E-state index contributed by atoms with van der Waals surface area (Å²) in [5.41, 5.74) is 2.41. The Balaban J connectivity index is 0.00000210. The summed E-state index contributed by atoms with van der Waals surface area (Å²) < 4.78 is 5.85. The number of benzene rings is 2. The normalized spacial score (nSPS) is 24.0. The number of nitrogens with zero attached hydrogens (tertiary/aromatic N) is 1. The molecule has 2 aromatic carbocycles. The van der Waals surface area contributed by atoms with Crippen LogP contribution in [0.1, 0.15) is 30.4 Å². The number of carbonyl (C=O) groups excluding carboxylic acids is 1. The fourth-order valence-electron chi connectivity index (χ4n) is 3.76. The standard InChI is InChI=1S/C22H26N2O2.ClH/c1-16-14-24(12-11-23-16)22(25)21-13-20(21)18-7-9-19(10-8-18)26-15-17-5-3-2-4-6-17;/h2-10,16,20-21,23H,11-15H2,1H3;1H. The number of ether oxygens (including phenoxy) is 1. The summed E-state index contributed by atoms with van der Waals surface area (Å²) in [4.78, 5) is 14.7. The molecule has 0 aromatic heterocycles. The number of hydrogen-bond acceptors (Lipinski definition) is 3. The van der Waals surface area contributed by atoms with Gasteiger partial charge in [0.1, 0.15) is 12.4 Å². The van der Waals surface area contributed by atoms with E-state index in [4.69, 9.17) is 4.74 Å². The molecule has 1 saturated heterocycles. The third-order valence-electron chi connectivity index (χ3n) is 5.34. The molecule has 1 aliphatic carbocycles. The van der Waals surface area contributed by atoms with Crippen molar-refractivity contribution in [3.05, 3.63) is 65.7 Å². The predicted octanol–water partition coefficient (Wildman–Crippen LogP) is 3.61. The van der Waals surface area contributed by atoms with Crippen molar-refractivity contribution in [3.63, 3.8) is 0 Å². The number of carbonyl (C=O) groups is 1. The lowest BCUT2D eigenvalue weighted by atomic mass is 10.1. The molecule has 3 atom stereocenters. The van der Waals surface area contributed by atoms with Gasteiger partial charge < -0.3 is 15.0 Å². The Kier molecular flexibility index (Phi) is 6.40. The zero-order valence-corrected chi connectivity index (χ0v) is 16.5. The van der Waals surface area contributed by atoms with E-state index in [1.165, 1.54) is 5.56 Å². The van der Waals surface area contributed by atoms with Crippen LogP contribution in [-0.2, 0) is 11.4 Å². The first kappa shape index (κ1) is 19.7. The summed E-state index contributed by atoms with van der Waals surface area (Å²) in [5, 5.41) is 3.39. The van der Waals surface area contributed by atoms with E-state index in [0.29, 0.717) is 24.5 Å². The summed E-state index contributed by atoms with van der Waals surface area (Å²) in [5.74, 6) is 1.73. The molecular formula is C22H27ClN2O2. The van der Waals surface area contributed by atoms with Crippen molar-refractivity contribution in [2.75, 3.05) is 19.6 Å². The van der Waals surface area contributed by atoms with Crippen LogP contribution in [0.5, 0.6) is 5.75 Å². The van der Waals surface area contributed by atoms with Crippen LogP contribution in [-0.4, -0.2) is 36.5 Å². The predicted molar refractivity (Wildman–Crippen MR) is 109 cm³/mol. The summed E-state index contributed by atoms with van der Waals surface area (Å²) in [6.45, 7) is 5.27. The summed E-state index contributed by atoms with van der Waals surface area (Å²) in [6.07, 6.45) is 0.974. The molecule has 1 aliphatic heterocycles. The lowest BCUT2D eigenvalue weighted by molar-refractivity contribution is -0.133. The second kappa shape index (κ2) is 8.77. The van der Waals surface area contributed by atoms with Gasteiger partial charge in [-0.05, 0) is 42.5 Å². The first-order valence-electron chi connectivity index (χ1n) is 9.49. The number of hydrogen-bond donors (Lipinski definition) is 1. The highest BCUT2D eigenvalue weighted by Crippen LogP contribution is 2.48. The van der Waals surface area contributed by atoms with Gasteiger partial charge in [0, 0.05) is 31.6 Å². The van der Waals surface area contributed by atoms with Gasteiger partial charge in [-0.2, -0.15) is 0 Å². The maximum atomic E-state index is 12.7. The zero-order valence-electron chi connectivity index (χ0n) is 15.6. The van der Waals surface area contributed by atoms with Crippen LogP contribution in [0.4, 0.5) is 0 Å². The number of nitrogens with one attached hydrogen (secondary N) is 1. The van der Waals surface area contributed by atoms with E-state index in [0.717, 1.165) is 37.4 Å². The molecule has 0 spiro atoms. The molecule has 5 heteroatoms. The average Bonchev–Trinajstić information content (AvgIpc) is 3.48. The summed E-state index contributed by atoms with van der Waals surface area (Å²) >= 11 is 0. The van der Waals surface area contributed by atoms with E-state index >= 15 is 0 Å². The average molecular weight is 387 g/mol. The number of halogens is 1. The van der Waals surface area contributed by atoms with E-state index in [2.05, 4.69) is 36.5 Å². The first-order chi connectivity index (χ1) is 12.7. The minimum Gasteiger partial charge on any atom is -0.489 e. The van der Waals surface area contributed by atoms with Crippen LogP contribution < -0.4 is 10.1 Å². The van der Waals surface area contributed by atoms with Crippen LogP contribution in [0.3, 0.4) is 0 Å². The molecule has 4 rings (SSSR count). The van der Waals surface area contributed by atoms with E-state index in [9.17, 15) is 4.79 Å². The monoisotopic (exact) mass is 386 g/mol.